The van der Waals surface area contributed by atoms with Gasteiger partial charge in [0.2, 0.25) is 0 Å². The van der Waals surface area contributed by atoms with Gasteiger partial charge in [-0.2, -0.15) is 17.6 Å². The minimum Gasteiger partial charge on any atom is -0.428 e. The molecule has 0 bridgehead atoms. The molecule has 0 aromatic heterocycles. The summed E-state index contributed by atoms with van der Waals surface area (Å²) in [5, 5.41) is 0. The highest BCUT2D eigenvalue weighted by Crippen LogP contribution is 2.36. The lowest BCUT2D eigenvalue weighted by molar-refractivity contribution is -0.301. The van der Waals surface area contributed by atoms with E-state index in [4.69, 9.17) is 0 Å². The first-order chi connectivity index (χ1) is 7.13. The molecule has 0 heterocycles. The summed E-state index contributed by atoms with van der Waals surface area (Å²) in [6.45, 7) is 1.75. The van der Waals surface area contributed by atoms with Gasteiger partial charge in [0.1, 0.15) is 5.75 Å². The lowest BCUT2D eigenvalue weighted by atomic mass is 10.2. The van der Waals surface area contributed by atoms with Crippen LogP contribution in [0, 0.1) is 6.92 Å². The summed E-state index contributed by atoms with van der Waals surface area (Å²) in [6.07, 6.45) is -4.52. The molecule has 0 fully saturated rings. The van der Waals surface area contributed by atoms with Crippen LogP contribution in [0.1, 0.15) is 12.5 Å². The quantitative estimate of drug-likeness (QED) is 0.753. The summed E-state index contributed by atoms with van der Waals surface area (Å²) < 4.78 is 55.4. The molecule has 0 N–H and O–H groups in total. The molecule has 0 aliphatic rings. The molecule has 0 unspecified atom stereocenters. The maximum Gasteiger partial charge on any atom is 0.463 e. The normalized spacial score (nSPS) is 12.7. The fourth-order valence-corrected chi connectivity index (χ4v) is 1.16. The van der Waals surface area contributed by atoms with Crippen molar-refractivity contribution in [3.8, 4) is 5.75 Å². The third kappa shape index (κ3) is 2.87. The number of hydrogen-bond donors (Lipinski definition) is 0. The minimum atomic E-state index is -4.52. The summed E-state index contributed by atoms with van der Waals surface area (Å²) >= 11 is 3.16. The molecule has 0 saturated heterocycles. The van der Waals surface area contributed by atoms with Gasteiger partial charge in [0.25, 0.3) is 0 Å². The zero-order valence-corrected chi connectivity index (χ0v) is 10.1. The molecule has 0 saturated carbocycles. The van der Waals surface area contributed by atoms with Crippen molar-refractivity contribution in [2.75, 3.05) is 0 Å². The Kier molecular flexibility index (Phi) is 3.52. The molecule has 1 nitrogen and oxygen atoms in total. The molecule has 16 heavy (non-hydrogen) atoms. The number of hydrogen-bond acceptors (Lipinski definition) is 1. The van der Waals surface area contributed by atoms with E-state index in [1.807, 2.05) is 0 Å². The van der Waals surface area contributed by atoms with Crippen LogP contribution >= 0.6 is 15.9 Å². The zero-order valence-electron chi connectivity index (χ0n) is 8.53. The van der Waals surface area contributed by atoms with Crippen molar-refractivity contribution >= 4 is 15.9 Å². The highest BCUT2D eigenvalue weighted by atomic mass is 79.9. The van der Waals surface area contributed by atoms with E-state index in [0.717, 1.165) is 0 Å². The third-order valence-electron chi connectivity index (χ3n) is 1.89. The molecule has 6 heteroatoms. The van der Waals surface area contributed by atoms with Gasteiger partial charge in [0.05, 0.1) is 0 Å². The van der Waals surface area contributed by atoms with Crippen LogP contribution in [0.4, 0.5) is 17.6 Å². The van der Waals surface area contributed by atoms with Crippen molar-refractivity contribution in [3.63, 3.8) is 0 Å². The number of halogens is 5. The van der Waals surface area contributed by atoms with Crippen molar-refractivity contribution in [3.05, 3.63) is 28.2 Å². The topological polar surface area (TPSA) is 9.23 Å². The number of aryl methyl sites for hydroxylation is 1. The standard InChI is InChI=1S/C10H9BrF4O/c1-6-5-7(3-4-8(6)11)16-10(14,15)9(2,12)13/h3-5H,1-2H3. The van der Waals surface area contributed by atoms with Gasteiger partial charge in [-0.15, -0.1) is 0 Å². The number of alkyl halides is 4. The van der Waals surface area contributed by atoms with Gasteiger partial charge < -0.3 is 4.74 Å². The van der Waals surface area contributed by atoms with Gasteiger partial charge in [-0.05, 0) is 30.7 Å². The lowest BCUT2D eigenvalue weighted by Crippen LogP contribution is -2.42. The number of ether oxygens (including phenoxy) is 1. The molecule has 1 aromatic carbocycles. The van der Waals surface area contributed by atoms with E-state index in [9.17, 15) is 17.6 Å². The molecule has 1 rings (SSSR count). The highest BCUT2D eigenvalue weighted by molar-refractivity contribution is 9.10. The first-order valence-electron chi connectivity index (χ1n) is 4.34. The lowest BCUT2D eigenvalue weighted by Gasteiger charge is -2.23. The highest BCUT2D eigenvalue weighted by Gasteiger charge is 2.55. The molecule has 0 aliphatic carbocycles. The van der Waals surface area contributed by atoms with Crippen LogP contribution in [0.3, 0.4) is 0 Å². The Morgan fingerprint density at radius 1 is 1.19 bits per heavy atom. The Morgan fingerprint density at radius 3 is 2.19 bits per heavy atom. The van der Waals surface area contributed by atoms with Crippen LogP contribution in [-0.4, -0.2) is 12.0 Å². The van der Waals surface area contributed by atoms with Crippen LogP contribution < -0.4 is 4.74 Å². The second-order valence-electron chi connectivity index (χ2n) is 3.42. The second kappa shape index (κ2) is 4.24. The van der Waals surface area contributed by atoms with Gasteiger partial charge >= 0.3 is 12.0 Å². The predicted octanol–water partition coefficient (Wildman–Crippen LogP) is 4.38. The Hall–Kier alpha value is -0.780. The molecule has 0 spiro atoms. The van der Waals surface area contributed by atoms with E-state index < -0.39 is 12.0 Å². The monoisotopic (exact) mass is 300 g/mol. The van der Waals surface area contributed by atoms with Gasteiger partial charge in [-0.3, -0.25) is 0 Å². The van der Waals surface area contributed by atoms with Crippen LogP contribution in [0.2, 0.25) is 0 Å². The smallest absolute Gasteiger partial charge is 0.428 e. The predicted molar refractivity (Wildman–Crippen MR) is 55.1 cm³/mol. The van der Waals surface area contributed by atoms with E-state index in [0.29, 0.717) is 10.0 Å². The molecule has 0 aliphatic heterocycles. The van der Waals surface area contributed by atoms with Crippen molar-refractivity contribution < 1.29 is 22.3 Å². The first-order valence-corrected chi connectivity index (χ1v) is 5.13. The maximum absolute atomic E-state index is 12.9. The Labute approximate surface area is 98.5 Å². The molecule has 0 amide bonds. The second-order valence-corrected chi connectivity index (χ2v) is 4.27. The van der Waals surface area contributed by atoms with Crippen molar-refractivity contribution in [2.45, 2.75) is 25.9 Å². The summed E-state index contributed by atoms with van der Waals surface area (Å²) in [5.41, 5.74) is 0.618. The summed E-state index contributed by atoms with van der Waals surface area (Å²) in [4.78, 5) is 0. The van der Waals surface area contributed by atoms with E-state index in [2.05, 4.69) is 20.7 Å². The van der Waals surface area contributed by atoms with Gasteiger partial charge in [-0.25, -0.2) is 0 Å². The molecule has 90 valence electrons. The van der Waals surface area contributed by atoms with E-state index in [-0.39, 0.29) is 12.7 Å². The molecule has 0 radical (unpaired) electrons. The van der Waals surface area contributed by atoms with Crippen LogP contribution in [0.15, 0.2) is 22.7 Å². The molecule has 1 aromatic rings. The van der Waals surface area contributed by atoms with E-state index in [1.165, 1.54) is 18.2 Å². The van der Waals surface area contributed by atoms with Gasteiger partial charge in [-0.1, -0.05) is 15.9 Å². The fraction of sp³-hybridized carbons (Fsp3) is 0.400. The van der Waals surface area contributed by atoms with Crippen molar-refractivity contribution in [1.29, 1.82) is 0 Å². The average Bonchev–Trinajstić information content (AvgIpc) is 2.09. The van der Waals surface area contributed by atoms with Crippen LogP contribution in [0.5, 0.6) is 5.75 Å². The SMILES string of the molecule is Cc1cc(OC(F)(F)C(C)(F)F)ccc1Br. The average molecular weight is 301 g/mol. The Bertz CT molecular complexity index is 387. The largest absolute Gasteiger partial charge is 0.463 e. The minimum absolute atomic E-state index is 0.110. The summed E-state index contributed by atoms with van der Waals surface area (Å²) in [7, 11) is 0. The summed E-state index contributed by atoms with van der Waals surface area (Å²) in [5.74, 6) is -4.53. The zero-order chi connectivity index (χ0) is 12.6. The van der Waals surface area contributed by atoms with E-state index >= 15 is 0 Å². The maximum atomic E-state index is 12.9. The van der Waals surface area contributed by atoms with Crippen molar-refractivity contribution in [1.82, 2.24) is 0 Å². The van der Waals surface area contributed by atoms with Crippen molar-refractivity contribution in [2.24, 2.45) is 0 Å². The van der Waals surface area contributed by atoms with Gasteiger partial charge in [0, 0.05) is 11.4 Å². The number of rotatable bonds is 3. The molecular weight excluding hydrogens is 292 g/mol. The fourth-order valence-electron chi connectivity index (χ4n) is 0.918. The van der Waals surface area contributed by atoms with E-state index in [1.54, 1.807) is 6.92 Å². The summed E-state index contributed by atoms with van der Waals surface area (Å²) in [6, 6.07) is 3.90. The molecule has 0 atom stereocenters. The Morgan fingerprint density at radius 2 is 1.75 bits per heavy atom. The van der Waals surface area contributed by atoms with Gasteiger partial charge in [0.15, 0.2) is 0 Å². The van der Waals surface area contributed by atoms with Crippen LogP contribution in [0.25, 0.3) is 0 Å². The Balaban J connectivity index is 2.93. The third-order valence-corrected chi connectivity index (χ3v) is 2.78. The first kappa shape index (κ1) is 13.3. The number of benzene rings is 1. The van der Waals surface area contributed by atoms with Crippen LogP contribution in [-0.2, 0) is 0 Å². The molecular formula is C10H9BrF4O.